The third kappa shape index (κ3) is 3.77. The molecular formula is C22H19IN4O. The van der Waals surface area contributed by atoms with Crippen molar-refractivity contribution in [3.63, 3.8) is 0 Å². The first-order valence-corrected chi connectivity index (χ1v) is 10.2. The number of fused-ring (bicyclic) bond motifs is 1. The van der Waals surface area contributed by atoms with Gasteiger partial charge in [0.15, 0.2) is 0 Å². The molecule has 0 radical (unpaired) electrons. The molecule has 0 atom stereocenters. The molecule has 0 saturated carbocycles. The smallest absolute Gasteiger partial charge is 0.255 e. The van der Waals surface area contributed by atoms with Crippen molar-refractivity contribution in [3.05, 3.63) is 80.9 Å². The van der Waals surface area contributed by atoms with Crippen LogP contribution in [0.2, 0.25) is 0 Å². The highest BCUT2D eigenvalue weighted by Gasteiger charge is 2.12. The van der Waals surface area contributed by atoms with Crippen LogP contribution in [0.5, 0.6) is 0 Å². The zero-order chi connectivity index (χ0) is 19.7. The van der Waals surface area contributed by atoms with Crippen LogP contribution in [-0.2, 0) is 6.42 Å². The summed E-state index contributed by atoms with van der Waals surface area (Å²) < 4.78 is 1.09. The number of benzene rings is 3. The number of amides is 1. The molecule has 3 aromatic carbocycles. The molecule has 0 saturated heterocycles. The van der Waals surface area contributed by atoms with Gasteiger partial charge < -0.3 is 5.32 Å². The van der Waals surface area contributed by atoms with Gasteiger partial charge in [0.25, 0.3) is 5.91 Å². The van der Waals surface area contributed by atoms with E-state index in [4.69, 9.17) is 0 Å². The van der Waals surface area contributed by atoms with E-state index in [1.54, 1.807) is 4.80 Å². The fraction of sp³-hybridized carbons (Fsp3) is 0.136. The Bertz CT molecular complexity index is 1150. The average Bonchev–Trinajstić information content (AvgIpc) is 3.11. The Kier molecular flexibility index (Phi) is 5.13. The molecule has 0 aliphatic carbocycles. The minimum Gasteiger partial charge on any atom is -0.322 e. The minimum absolute atomic E-state index is 0.138. The van der Waals surface area contributed by atoms with Crippen LogP contribution >= 0.6 is 22.6 Å². The summed E-state index contributed by atoms with van der Waals surface area (Å²) in [4.78, 5) is 14.2. The van der Waals surface area contributed by atoms with E-state index in [1.165, 1.54) is 5.56 Å². The summed E-state index contributed by atoms with van der Waals surface area (Å²) in [5.41, 5.74) is 6.03. The Labute approximate surface area is 176 Å². The number of aryl methyl sites for hydroxylation is 2. The van der Waals surface area contributed by atoms with E-state index in [2.05, 4.69) is 57.2 Å². The molecule has 0 spiro atoms. The summed E-state index contributed by atoms with van der Waals surface area (Å²) >= 11 is 2.22. The summed E-state index contributed by atoms with van der Waals surface area (Å²) in [6, 6.07) is 19.5. The maximum Gasteiger partial charge on any atom is 0.255 e. The van der Waals surface area contributed by atoms with Crippen molar-refractivity contribution >= 4 is 45.2 Å². The fourth-order valence-corrected chi connectivity index (χ4v) is 3.34. The van der Waals surface area contributed by atoms with Crippen LogP contribution < -0.4 is 5.32 Å². The van der Waals surface area contributed by atoms with Crippen LogP contribution in [0.3, 0.4) is 0 Å². The average molecular weight is 482 g/mol. The van der Waals surface area contributed by atoms with Gasteiger partial charge in [-0.3, -0.25) is 4.79 Å². The van der Waals surface area contributed by atoms with Crippen LogP contribution in [0.25, 0.3) is 16.7 Å². The fourth-order valence-electron chi connectivity index (χ4n) is 2.98. The maximum absolute atomic E-state index is 12.5. The Balaban J connectivity index is 1.63. The monoisotopic (exact) mass is 482 g/mol. The van der Waals surface area contributed by atoms with Crippen molar-refractivity contribution in [1.29, 1.82) is 0 Å². The van der Waals surface area contributed by atoms with Gasteiger partial charge in [0.2, 0.25) is 0 Å². The zero-order valence-corrected chi connectivity index (χ0v) is 17.8. The highest BCUT2D eigenvalue weighted by molar-refractivity contribution is 14.1. The molecule has 5 nitrogen and oxygen atoms in total. The molecule has 0 unspecified atom stereocenters. The quantitative estimate of drug-likeness (QED) is 0.410. The molecule has 1 N–H and O–H groups in total. The highest BCUT2D eigenvalue weighted by atomic mass is 127. The SMILES string of the molecule is CCc1ccc(-n2nc3cc(C)c(NC(=O)c4ccc(I)cc4)cc3n2)cc1. The maximum atomic E-state index is 12.5. The number of hydrogen-bond acceptors (Lipinski definition) is 3. The second-order valence-corrected chi connectivity index (χ2v) is 7.87. The Hall–Kier alpha value is -2.74. The van der Waals surface area contributed by atoms with Crippen molar-refractivity contribution in [3.8, 4) is 5.69 Å². The van der Waals surface area contributed by atoms with Crippen LogP contribution in [-0.4, -0.2) is 20.9 Å². The van der Waals surface area contributed by atoms with Crippen LogP contribution in [0.4, 0.5) is 5.69 Å². The summed E-state index contributed by atoms with van der Waals surface area (Å²) in [5.74, 6) is -0.138. The third-order valence-electron chi connectivity index (χ3n) is 4.66. The van der Waals surface area contributed by atoms with Crippen molar-refractivity contribution in [2.45, 2.75) is 20.3 Å². The van der Waals surface area contributed by atoms with E-state index in [0.717, 1.165) is 38.0 Å². The lowest BCUT2D eigenvalue weighted by molar-refractivity contribution is 0.102. The molecule has 0 bridgehead atoms. The number of nitrogens with zero attached hydrogens (tertiary/aromatic N) is 3. The van der Waals surface area contributed by atoms with Gasteiger partial charge in [-0.05, 0) is 95.6 Å². The predicted molar refractivity (Wildman–Crippen MR) is 120 cm³/mol. The second kappa shape index (κ2) is 7.71. The largest absolute Gasteiger partial charge is 0.322 e. The zero-order valence-electron chi connectivity index (χ0n) is 15.6. The molecule has 1 aromatic heterocycles. The predicted octanol–water partition coefficient (Wildman–Crippen LogP) is 5.15. The topological polar surface area (TPSA) is 59.8 Å². The molecule has 1 amide bonds. The summed E-state index contributed by atoms with van der Waals surface area (Å²) in [5, 5.41) is 12.1. The van der Waals surface area contributed by atoms with E-state index in [9.17, 15) is 4.79 Å². The molecule has 4 rings (SSSR count). The van der Waals surface area contributed by atoms with Crippen molar-refractivity contribution in [2.75, 3.05) is 5.32 Å². The summed E-state index contributed by atoms with van der Waals surface area (Å²) in [7, 11) is 0. The van der Waals surface area contributed by atoms with Gasteiger partial charge in [0, 0.05) is 14.8 Å². The van der Waals surface area contributed by atoms with E-state index < -0.39 is 0 Å². The van der Waals surface area contributed by atoms with Crippen molar-refractivity contribution in [1.82, 2.24) is 15.0 Å². The summed E-state index contributed by atoms with van der Waals surface area (Å²) in [6.45, 7) is 4.09. The number of aromatic nitrogens is 3. The number of rotatable bonds is 4. The van der Waals surface area contributed by atoms with Crippen LogP contribution in [0.1, 0.15) is 28.4 Å². The molecule has 6 heteroatoms. The number of halogens is 1. The van der Waals surface area contributed by atoms with E-state index in [-0.39, 0.29) is 5.91 Å². The van der Waals surface area contributed by atoms with Gasteiger partial charge >= 0.3 is 0 Å². The molecule has 0 aliphatic rings. The lowest BCUT2D eigenvalue weighted by Gasteiger charge is -2.08. The molecule has 140 valence electrons. The standard InChI is InChI=1S/C22H19IN4O/c1-3-15-4-10-18(11-5-15)27-25-20-12-14(2)19(13-21(20)26-27)24-22(28)16-6-8-17(23)9-7-16/h4-13H,3H2,1-2H3,(H,24,28). The molecule has 1 heterocycles. The van der Waals surface area contributed by atoms with Crippen molar-refractivity contribution in [2.24, 2.45) is 0 Å². The number of anilines is 1. The Morgan fingerprint density at radius 1 is 1.00 bits per heavy atom. The lowest BCUT2D eigenvalue weighted by atomic mass is 10.1. The molecule has 0 aliphatic heterocycles. The molecule has 0 fully saturated rings. The first-order valence-electron chi connectivity index (χ1n) is 9.07. The van der Waals surface area contributed by atoms with Gasteiger partial charge in [-0.25, -0.2) is 0 Å². The van der Waals surface area contributed by atoms with Gasteiger partial charge in [-0.1, -0.05) is 19.1 Å². The van der Waals surface area contributed by atoms with E-state index in [0.29, 0.717) is 5.56 Å². The minimum atomic E-state index is -0.138. The Morgan fingerprint density at radius 2 is 1.64 bits per heavy atom. The third-order valence-corrected chi connectivity index (χ3v) is 5.38. The van der Waals surface area contributed by atoms with Crippen molar-refractivity contribution < 1.29 is 4.79 Å². The van der Waals surface area contributed by atoms with Gasteiger partial charge in [-0.15, -0.1) is 10.2 Å². The van der Waals surface area contributed by atoms with Gasteiger partial charge in [0.05, 0.1) is 5.69 Å². The van der Waals surface area contributed by atoms with Crippen LogP contribution in [0.15, 0.2) is 60.7 Å². The summed E-state index contributed by atoms with van der Waals surface area (Å²) in [6.07, 6.45) is 0.998. The molecular weight excluding hydrogens is 463 g/mol. The second-order valence-electron chi connectivity index (χ2n) is 6.63. The van der Waals surface area contributed by atoms with Gasteiger partial charge in [0.1, 0.15) is 11.0 Å². The lowest BCUT2D eigenvalue weighted by Crippen LogP contribution is -2.12. The number of nitrogens with one attached hydrogen (secondary N) is 1. The molecule has 4 aromatic rings. The first-order chi connectivity index (χ1) is 13.5. The van der Waals surface area contributed by atoms with E-state index >= 15 is 0 Å². The number of carbonyl (C=O) groups is 1. The number of carbonyl (C=O) groups excluding carboxylic acids is 1. The Morgan fingerprint density at radius 3 is 2.29 bits per heavy atom. The van der Waals surface area contributed by atoms with Gasteiger partial charge in [-0.2, -0.15) is 4.80 Å². The molecule has 28 heavy (non-hydrogen) atoms. The first kappa shape index (κ1) is 18.6. The highest BCUT2D eigenvalue weighted by Crippen LogP contribution is 2.23. The normalized spacial score (nSPS) is 11.0. The van der Waals surface area contributed by atoms with E-state index in [1.807, 2.05) is 55.5 Å². The van der Waals surface area contributed by atoms with Crippen LogP contribution in [0, 0.1) is 10.5 Å². The number of hydrogen-bond donors (Lipinski definition) is 1.